The predicted molar refractivity (Wildman–Crippen MR) is 71.8 cm³/mol. The van der Waals surface area contributed by atoms with E-state index in [0.29, 0.717) is 36.1 Å². The molecule has 2 aromatic rings. The average molecular weight is 270 g/mol. The maximum Gasteiger partial charge on any atom is 0.163 e. The van der Waals surface area contributed by atoms with Gasteiger partial charge >= 0.3 is 0 Å². The summed E-state index contributed by atoms with van der Waals surface area (Å²) >= 11 is 0. The average Bonchev–Trinajstić information content (AvgIpc) is 2.47. The Morgan fingerprint density at radius 3 is 2.70 bits per heavy atom. The highest BCUT2D eigenvalue weighted by Gasteiger charge is 2.13. The molecule has 100 valence electrons. The Morgan fingerprint density at radius 1 is 1.10 bits per heavy atom. The van der Waals surface area contributed by atoms with Gasteiger partial charge in [0.1, 0.15) is 30.7 Å². The number of anilines is 2. The molecular weight excluding hydrogens is 259 g/mol. The molecule has 0 amide bonds. The highest BCUT2D eigenvalue weighted by atomic mass is 19.1. The van der Waals surface area contributed by atoms with Crippen LogP contribution >= 0.6 is 0 Å². The molecule has 1 N–H and O–H groups in total. The van der Waals surface area contributed by atoms with E-state index in [1.165, 1.54) is 6.07 Å². The van der Waals surface area contributed by atoms with E-state index in [9.17, 15) is 4.39 Å². The molecule has 0 spiro atoms. The zero-order valence-corrected chi connectivity index (χ0v) is 10.5. The van der Waals surface area contributed by atoms with Crippen LogP contribution in [-0.2, 0) is 0 Å². The molecule has 0 aliphatic carbocycles. The molecule has 0 saturated carbocycles. The second-order valence-electron chi connectivity index (χ2n) is 4.26. The lowest BCUT2D eigenvalue weighted by Crippen LogP contribution is -2.15. The number of nitrogens with zero attached hydrogens (tertiary/aromatic N) is 1. The van der Waals surface area contributed by atoms with Gasteiger partial charge in [-0.05, 0) is 24.3 Å². The minimum absolute atomic E-state index is 0.0117. The molecule has 3 rings (SSSR count). The molecule has 0 fully saturated rings. The number of halogens is 1. The Labute approximate surface area is 115 Å². The first-order valence-corrected chi connectivity index (χ1v) is 6.13. The molecule has 4 nitrogen and oxygen atoms in total. The maximum absolute atomic E-state index is 13.5. The molecule has 1 heterocycles. The van der Waals surface area contributed by atoms with Gasteiger partial charge in [-0.25, -0.2) is 4.39 Å². The van der Waals surface area contributed by atoms with Crippen molar-refractivity contribution in [1.82, 2.24) is 0 Å². The molecule has 0 atom stereocenters. The lowest BCUT2D eigenvalue weighted by atomic mass is 10.1. The molecule has 1 aliphatic rings. The fourth-order valence-corrected chi connectivity index (χ4v) is 2.02. The van der Waals surface area contributed by atoms with Crippen molar-refractivity contribution in [2.75, 3.05) is 18.5 Å². The first kappa shape index (κ1) is 12.3. The summed E-state index contributed by atoms with van der Waals surface area (Å²) in [4.78, 5) is 0. The topological polar surface area (TPSA) is 54.3 Å². The van der Waals surface area contributed by atoms with Gasteiger partial charge in [0.05, 0.1) is 5.69 Å². The number of ether oxygens (including phenoxy) is 2. The standard InChI is InChI=1S/C15H11FN2O2/c16-12-2-1-3-13(11(12)9-17)18-10-4-5-14-15(8-10)20-7-6-19-14/h1-5,8,18H,6-7H2. The summed E-state index contributed by atoms with van der Waals surface area (Å²) in [6.45, 7) is 1.03. The Kier molecular flexibility index (Phi) is 3.13. The second-order valence-corrected chi connectivity index (χ2v) is 4.26. The van der Waals surface area contributed by atoms with Crippen molar-refractivity contribution >= 4 is 11.4 Å². The van der Waals surface area contributed by atoms with Crippen LogP contribution in [-0.4, -0.2) is 13.2 Å². The molecule has 0 radical (unpaired) electrons. The number of benzene rings is 2. The van der Waals surface area contributed by atoms with Crippen molar-refractivity contribution in [3.63, 3.8) is 0 Å². The summed E-state index contributed by atoms with van der Waals surface area (Å²) in [5.41, 5.74) is 1.11. The molecule has 20 heavy (non-hydrogen) atoms. The Balaban J connectivity index is 1.92. The van der Waals surface area contributed by atoms with Gasteiger partial charge in [0, 0.05) is 11.8 Å². The van der Waals surface area contributed by atoms with Gasteiger partial charge in [0.2, 0.25) is 0 Å². The van der Waals surface area contributed by atoms with E-state index >= 15 is 0 Å². The van der Waals surface area contributed by atoms with Gasteiger partial charge in [0.25, 0.3) is 0 Å². The molecule has 0 aromatic heterocycles. The molecule has 5 heteroatoms. The number of nitriles is 1. The van der Waals surface area contributed by atoms with Crippen LogP contribution < -0.4 is 14.8 Å². The highest BCUT2D eigenvalue weighted by Crippen LogP contribution is 2.34. The van der Waals surface area contributed by atoms with Crippen molar-refractivity contribution in [2.24, 2.45) is 0 Å². The van der Waals surface area contributed by atoms with Crippen LogP contribution in [0, 0.1) is 17.1 Å². The predicted octanol–water partition coefficient (Wildman–Crippen LogP) is 3.21. The third-order valence-electron chi connectivity index (χ3n) is 2.95. The summed E-state index contributed by atoms with van der Waals surface area (Å²) in [6.07, 6.45) is 0. The monoisotopic (exact) mass is 270 g/mol. The van der Waals surface area contributed by atoms with E-state index < -0.39 is 5.82 Å². The van der Waals surface area contributed by atoms with E-state index in [1.54, 1.807) is 30.3 Å². The number of nitrogens with one attached hydrogen (secondary N) is 1. The van der Waals surface area contributed by atoms with Crippen LogP contribution in [0.3, 0.4) is 0 Å². The number of hydrogen-bond donors (Lipinski definition) is 1. The zero-order valence-electron chi connectivity index (χ0n) is 10.5. The lowest BCUT2D eigenvalue weighted by Gasteiger charge is -2.19. The fourth-order valence-electron chi connectivity index (χ4n) is 2.02. The number of fused-ring (bicyclic) bond motifs is 1. The second kappa shape index (κ2) is 5.10. The first-order valence-electron chi connectivity index (χ1n) is 6.13. The van der Waals surface area contributed by atoms with Gasteiger partial charge in [-0.2, -0.15) is 5.26 Å². The summed E-state index contributed by atoms with van der Waals surface area (Å²) < 4.78 is 24.4. The van der Waals surface area contributed by atoms with Crippen LogP contribution in [0.25, 0.3) is 0 Å². The quantitative estimate of drug-likeness (QED) is 0.910. The van der Waals surface area contributed by atoms with Crippen molar-refractivity contribution in [3.05, 3.63) is 47.8 Å². The highest BCUT2D eigenvalue weighted by molar-refractivity contribution is 5.68. The van der Waals surface area contributed by atoms with E-state index in [2.05, 4.69) is 5.32 Å². The van der Waals surface area contributed by atoms with Crippen LogP contribution in [0.4, 0.5) is 15.8 Å². The van der Waals surface area contributed by atoms with Crippen molar-refractivity contribution in [3.8, 4) is 17.6 Å². The maximum atomic E-state index is 13.5. The largest absolute Gasteiger partial charge is 0.486 e. The molecule has 0 unspecified atom stereocenters. The van der Waals surface area contributed by atoms with Gasteiger partial charge in [-0.1, -0.05) is 6.07 Å². The van der Waals surface area contributed by atoms with Crippen LogP contribution in [0.15, 0.2) is 36.4 Å². The number of rotatable bonds is 2. The van der Waals surface area contributed by atoms with E-state index in [-0.39, 0.29) is 5.56 Å². The van der Waals surface area contributed by atoms with E-state index in [4.69, 9.17) is 14.7 Å². The molecule has 1 aliphatic heterocycles. The molecule has 0 saturated heterocycles. The SMILES string of the molecule is N#Cc1c(F)cccc1Nc1ccc2c(c1)OCCO2. The van der Waals surface area contributed by atoms with Crippen molar-refractivity contribution in [2.45, 2.75) is 0 Å². The minimum Gasteiger partial charge on any atom is -0.486 e. The van der Waals surface area contributed by atoms with Crippen molar-refractivity contribution in [1.29, 1.82) is 5.26 Å². The Bertz CT molecular complexity index is 695. The summed E-state index contributed by atoms with van der Waals surface area (Å²) in [7, 11) is 0. The van der Waals surface area contributed by atoms with E-state index in [1.807, 2.05) is 6.07 Å². The van der Waals surface area contributed by atoms with E-state index in [0.717, 1.165) is 0 Å². The van der Waals surface area contributed by atoms with Gasteiger partial charge in [-0.3, -0.25) is 0 Å². The third-order valence-corrected chi connectivity index (χ3v) is 2.95. The molecule has 0 bridgehead atoms. The van der Waals surface area contributed by atoms with Crippen LogP contribution in [0.1, 0.15) is 5.56 Å². The smallest absolute Gasteiger partial charge is 0.163 e. The molecule has 2 aromatic carbocycles. The Morgan fingerprint density at radius 2 is 1.90 bits per heavy atom. The number of hydrogen-bond acceptors (Lipinski definition) is 4. The Hall–Kier alpha value is -2.74. The third kappa shape index (κ3) is 2.24. The molecular formula is C15H11FN2O2. The fraction of sp³-hybridized carbons (Fsp3) is 0.133. The lowest BCUT2D eigenvalue weighted by molar-refractivity contribution is 0.171. The summed E-state index contributed by atoms with van der Waals surface area (Å²) in [5, 5.41) is 12.0. The van der Waals surface area contributed by atoms with Crippen molar-refractivity contribution < 1.29 is 13.9 Å². The zero-order chi connectivity index (χ0) is 13.9. The van der Waals surface area contributed by atoms with Crippen LogP contribution in [0.5, 0.6) is 11.5 Å². The van der Waals surface area contributed by atoms with Crippen LogP contribution in [0.2, 0.25) is 0 Å². The normalized spacial score (nSPS) is 12.6. The summed E-state index contributed by atoms with van der Waals surface area (Å²) in [5.74, 6) is 0.771. The summed E-state index contributed by atoms with van der Waals surface area (Å²) in [6, 6.07) is 11.6. The van der Waals surface area contributed by atoms with Gasteiger partial charge < -0.3 is 14.8 Å². The first-order chi connectivity index (χ1) is 9.78. The van der Waals surface area contributed by atoms with Gasteiger partial charge in [-0.15, -0.1) is 0 Å². The van der Waals surface area contributed by atoms with Gasteiger partial charge in [0.15, 0.2) is 11.5 Å². The minimum atomic E-state index is -0.546.